The smallest absolute Gasteiger partial charge is 0.222 e. The van der Waals surface area contributed by atoms with Gasteiger partial charge in [-0.2, -0.15) is 0 Å². The Morgan fingerprint density at radius 2 is 2.00 bits per heavy atom. The van der Waals surface area contributed by atoms with Crippen molar-refractivity contribution in [1.82, 2.24) is 5.32 Å². The zero-order valence-electron chi connectivity index (χ0n) is 20.4. The molecular weight excluding hydrogens is 406 g/mol. The van der Waals surface area contributed by atoms with E-state index in [2.05, 4.69) is 31.3 Å². The van der Waals surface area contributed by atoms with Crippen molar-refractivity contribution in [2.75, 3.05) is 34.0 Å². The fourth-order valence-corrected chi connectivity index (χ4v) is 6.64. The Hall–Kier alpha value is -1.79. The Labute approximate surface area is 192 Å². The normalized spacial score (nSPS) is 32.6. The predicted molar refractivity (Wildman–Crippen MR) is 123 cm³/mol. The summed E-state index contributed by atoms with van der Waals surface area (Å²) in [5.41, 5.74) is 1.30. The highest BCUT2D eigenvalue weighted by Crippen LogP contribution is 2.70. The SMILES string of the molecule is COCCOc1cc([C@H]2OCCC34C[C@@H](C[C@H]23)C(C)(C)[C@@H]4NC(=O)C(C)C)ccc1OC. The average molecular weight is 446 g/mol. The molecule has 1 aromatic carbocycles. The summed E-state index contributed by atoms with van der Waals surface area (Å²) in [6, 6.07) is 6.31. The fourth-order valence-electron chi connectivity index (χ4n) is 6.64. The van der Waals surface area contributed by atoms with Crippen molar-refractivity contribution in [1.29, 1.82) is 0 Å². The van der Waals surface area contributed by atoms with Crippen LogP contribution in [0.25, 0.3) is 0 Å². The van der Waals surface area contributed by atoms with Crippen LogP contribution in [0.15, 0.2) is 18.2 Å². The number of carbonyl (C=O) groups excluding carboxylic acids is 1. The lowest BCUT2D eigenvalue weighted by molar-refractivity contribution is -0.139. The number of hydrogen-bond acceptors (Lipinski definition) is 5. The van der Waals surface area contributed by atoms with Gasteiger partial charge in [0.15, 0.2) is 11.5 Å². The van der Waals surface area contributed by atoms with Gasteiger partial charge in [0.1, 0.15) is 6.61 Å². The fraction of sp³-hybridized carbons (Fsp3) is 0.731. The zero-order valence-corrected chi connectivity index (χ0v) is 20.4. The predicted octanol–water partition coefficient (Wildman–Crippen LogP) is 4.38. The van der Waals surface area contributed by atoms with Gasteiger partial charge in [0, 0.05) is 25.7 Å². The van der Waals surface area contributed by atoms with Crippen LogP contribution >= 0.6 is 0 Å². The van der Waals surface area contributed by atoms with Crippen LogP contribution in [-0.4, -0.2) is 46.0 Å². The number of rotatable bonds is 8. The number of methoxy groups -OCH3 is 2. The summed E-state index contributed by atoms with van der Waals surface area (Å²) in [5, 5.41) is 3.47. The van der Waals surface area contributed by atoms with Crippen molar-refractivity contribution < 1.29 is 23.7 Å². The first kappa shape index (κ1) is 23.4. The second-order valence-corrected chi connectivity index (χ2v) is 10.7. The molecule has 1 unspecified atom stereocenters. The molecule has 4 rings (SSSR count). The third kappa shape index (κ3) is 3.79. The van der Waals surface area contributed by atoms with Crippen LogP contribution in [0.5, 0.6) is 11.5 Å². The minimum absolute atomic E-state index is 0.000941. The molecule has 2 saturated carbocycles. The lowest BCUT2D eigenvalue weighted by Gasteiger charge is -2.53. The van der Waals surface area contributed by atoms with Gasteiger partial charge >= 0.3 is 0 Å². The molecule has 1 N–H and O–H groups in total. The number of carbonyl (C=O) groups is 1. The highest BCUT2D eigenvalue weighted by Gasteiger charge is 2.68. The van der Waals surface area contributed by atoms with Gasteiger partial charge in [-0.1, -0.05) is 33.8 Å². The maximum absolute atomic E-state index is 12.7. The summed E-state index contributed by atoms with van der Waals surface area (Å²) in [6.07, 6.45) is 3.31. The van der Waals surface area contributed by atoms with Gasteiger partial charge in [-0.3, -0.25) is 4.79 Å². The molecular formula is C26H39NO5. The summed E-state index contributed by atoms with van der Waals surface area (Å²) < 4.78 is 23.0. The van der Waals surface area contributed by atoms with Gasteiger partial charge in [-0.15, -0.1) is 0 Å². The monoisotopic (exact) mass is 445 g/mol. The van der Waals surface area contributed by atoms with E-state index >= 15 is 0 Å². The van der Waals surface area contributed by atoms with Gasteiger partial charge in [0.05, 0.1) is 19.8 Å². The summed E-state index contributed by atoms with van der Waals surface area (Å²) in [7, 11) is 3.32. The van der Waals surface area contributed by atoms with Gasteiger partial charge in [0.25, 0.3) is 0 Å². The van der Waals surface area contributed by atoms with Crippen molar-refractivity contribution in [2.24, 2.45) is 28.6 Å². The quantitative estimate of drug-likeness (QED) is 0.602. The van der Waals surface area contributed by atoms with Gasteiger partial charge in [0.2, 0.25) is 5.91 Å². The molecule has 178 valence electrons. The van der Waals surface area contributed by atoms with E-state index in [9.17, 15) is 4.79 Å². The molecule has 0 radical (unpaired) electrons. The van der Waals surface area contributed by atoms with E-state index in [1.54, 1.807) is 14.2 Å². The van der Waals surface area contributed by atoms with E-state index in [0.717, 1.165) is 24.2 Å². The first-order valence-electron chi connectivity index (χ1n) is 12.0. The Balaban J connectivity index is 1.63. The maximum Gasteiger partial charge on any atom is 0.222 e. The number of hydrogen-bond donors (Lipinski definition) is 1. The van der Waals surface area contributed by atoms with Crippen LogP contribution in [-0.2, 0) is 14.3 Å². The van der Waals surface area contributed by atoms with Crippen LogP contribution in [0.3, 0.4) is 0 Å². The first-order valence-corrected chi connectivity index (χ1v) is 12.0. The molecule has 1 heterocycles. The molecule has 0 aromatic heterocycles. The van der Waals surface area contributed by atoms with Crippen molar-refractivity contribution >= 4 is 5.91 Å². The third-order valence-electron chi connectivity index (χ3n) is 8.38. The molecule has 2 bridgehead atoms. The van der Waals surface area contributed by atoms with Gasteiger partial charge in [-0.05, 0) is 59.6 Å². The van der Waals surface area contributed by atoms with Crippen LogP contribution in [0, 0.1) is 28.6 Å². The number of ether oxygens (including phenoxy) is 4. The maximum atomic E-state index is 12.7. The van der Waals surface area contributed by atoms with Gasteiger partial charge in [-0.25, -0.2) is 0 Å². The number of benzene rings is 1. The zero-order chi connectivity index (χ0) is 23.1. The van der Waals surface area contributed by atoms with Crippen LogP contribution < -0.4 is 14.8 Å². The second kappa shape index (κ2) is 8.86. The summed E-state index contributed by atoms with van der Waals surface area (Å²) in [5.74, 6) is 2.55. The van der Waals surface area contributed by atoms with E-state index in [1.807, 2.05) is 19.9 Å². The summed E-state index contributed by atoms with van der Waals surface area (Å²) in [6.45, 7) is 10.3. The summed E-state index contributed by atoms with van der Waals surface area (Å²) >= 11 is 0. The lowest BCUT2D eigenvalue weighted by atomic mass is 9.58. The van der Waals surface area contributed by atoms with Crippen molar-refractivity contribution in [2.45, 2.75) is 59.1 Å². The molecule has 1 aliphatic heterocycles. The molecule has 32 heavy (non-hydrogen) atoms. The minimum atomic E-state index is -0.0104. The Morgan fingerprint density at radius 3 is 2.69 bits per heavy atom. The molecule has 2 aliphatic carbocycles. The third-order valence-corrected chi connectivity index (χ3v) is 8.38. The van der Waals surface area contributed by atoms with Crippen LogP contribution in [0.2, 0.25) is 0 Å². The molecule has 1 spiro atoms. The first-order chi connectivity index (χ1) is 15.2. The standard InChI is InChI=1S/C26H39NO5/c1-16(2)23(28)27-24-25(3,4)18-14-19-22(32-10-9-26(19,24)15-18)17-7-8-20(30-6)21(13-17)31-12-11-29-5/h7-8,13,16,18-19,22,24H,9-12,14-15H2,1-6H3,(H,27,28)/t18-,19-,22-,24+,26?/m1/s1. The minimum Gasteiger partial charge on any atom is -0.493 e. The van der Waals surface area contributed by atoms with Crippen molar-refractivity contribution in [3.63, 3.8) is 0 Å². The van der Waals surface area contributed by atoms with Crippen molar-refractivity contribution in [3.05, 3.63) is 23.8 Å². The molecule has 1 amide bonds. The highest BCUT2D eigenvalue weighted by atomic mass is 16.5. The molecule has 1 aromatic rings. The Morgan fingerprint density at radius 1 is 1.22 bits per heavy atom. The van der Waals surface area contributed by atoms with E-state index in [-0.39, 0.29) is 34.8 Å². The average Bonchev–Trinajstić information content (AvgIpc) is 3.26. The number of nitrogens with one attached hydrogen (secondary N) is 1. The molecule has 6 nitrogen and oxygen atoms in total. The largest absolute Gasteiger partial charge is 0.493 e. The Bertz CT molecular complexity index is 838. The summed E-state index contributed by atoms with van der Waals surface area (Å²) in [4.78, 5) is 12.7. The van der Waals surface area contributed by atoms with E-state index < -0.39 is 0 Å². The van der Waals surface area contributed by atoms with E-state index in [1.165, 1.54) is 6.42 Å². The van der Waals surface area contributed by atoms with Crippen LogP contribution in [0.1, 0.15) is 58.6 Å². The second-order valence-electron chi connectivity index (χ2n) is 10.7. The molecule has 3 aliphatic rings. The van der Waals surface area contributed by atoms with Crippen molar-refractivity contribution in [3.8, 4) is 11.5 Å². The molecule has 5 atom stereocenters. The highest BCUT2D eigenvalue weighted by molar-refractivity contribution is 5.78. The topological polar surface area (TPSA) is 66.0 Å². The molecule has 1 saturated heterocycles. The van der Waals surface area contributed by atoms with Crippen LogP contribution in [0.4, 0.5) is 0 Å². The molecule has 3 fully saturated rings. The lowest BCUT2D eigenvalue weighted by Crippen LogP contribution is -2.59. The van der Waals surface area contributed by atoms with Gasteiger partial charge < -0.3 is 24.3 Å². The Kier molecular flexibility index (Phi) is 6.47. The molecule has 6 heteroatoms. The van der Waals surface area contributed by atoms with E-state index in [4.69, 9.17) is 18.9 Å². The van der Waals surface area contributed by atoms with E-state index in [0.29, 0.717) is 37.4 Å². The number of amides is 1. The number of fused-ring (bicyclic) bond motifs is 1.